The average Bonchev–Trinajstić information content (AvgIpc) is 3.30. The van der Waals surface area contributed by atoms with Gasteiger partial charge >= 0.3 is 0 Å². The first-order valence-corrected chi connectivity index (χ1v) is 11.2. The summed E-state index contributed by atoms with van der Waals surface area (Å²) in [5.74, 6) is 0.861. The minimum Gasteiger partial charge on any atom is -0.396 e. The highest BCUT2D eigenvalue weighted by Crippen LogP contribution is 2.31. The lowest BCUT2D eigenvalue weighted by molar-refractivity contribution is 0.0532. The average molecular weight is 436 g/mol. The van der Waals surface area contributed by atoms with E-state index in [1.54, 1.807) is 13.4 Å². The quantitative estimate of drug-likeness (QED) is 0.671. The number of ether oxygens (including phenoxy) is 1. The Kier molecular flexibility index (Phi) is 5.57. The van der Waals surface area contributed by atoms with Crippen LogP contribution in [0.3, 0.4) is 0 Å². The van der Waals surface area contributed by atoms with E-state index in [-0.39, 0.29) is 24.2 Å². The lowest BCUT2D eigenvalue weighted by Crippen LogP contribution is -2.41. The van der Waals surface area contributed by atoms with Crippen molar-refractivity contribution in [1.29, 1.82) is 0 Å². The van der Waals surface area contributed by atoms with Crippen molar-refractivity contribution >= 4 is 22.4 Å². The predicted octanol–water partition coefficient (Wildman–Crippen LogP) is 2.04. The van der Waals surface area contributed by atoms with Gasteiger partial charge in [-0.1, -0.05) is 12.1 Å². The van der Waals surface area contributed by atoms with E-state index in [1.807, 2.05) is 6.07 Å². The molecule has 2 aliphatic rings. The molecule has 32 heavy (non-hydrogen) atoms. The zero-order valence-electron chi connectivity index (χ0n) is 18.6. The summed E-state index contributed by atoms with van der Waals surface area (Å²) in [6.45, 7) is 6.20. The Hall–Kier alpha value is -2.97. The monoisotopic (exact) mass is 435 g/mol. The molecule has 8 heteroatoms. The Labute approximate surface area is 187 Å². The number of anilines is 2. The maximum Gasteiger partial charge on any atom is 0.264 e. The summed E-state index contributed by atoms with van der Waals surface area (Å²) in [6, 6.07) is 10.3. The molecule has 2 saturated heterocycles. The van der Waals surface area contributed by atoms with Crippen molar-refractivity contribution in [3.05, 3.63) is 47.0 Å². The molecule has 168 valence electrons. The van der Waals surface area contributed by atoms with Crippen molar-refractivity contribution in [3.8, 4) is 11.3 Å². The third-order valence-corrected chi connectivity index (χ3v) is 6.50. The molecule has 2 unspecified atom stereocenters. The van der Waals surface area contributed by atoms with Crippen LogP contribution in [0.15, 0.2) is 41.5 Å². The molecule has 2 aromatic heterocycles. The molecule has 0 spiro atoms. The summed E-state index contributed by atoms with van der Waals surface area (Å²) in [5.41, 5.74) is 3.49. The van der Waals surface area contributed by atoms with Crippen molar-refractivity contribution in [2.75, 3.05) is 49.2 Å². The van der Waals surface area contributed by atoms with Crippen LogP contribution in [0.25, 0.3) is 22.2 Å². The summed E-state index contributed by atoms with van der Waals surface area (Å²) >= 11 is 0. The number of nitrogens with zero attached hydrogens (tertiary/aromatic N) is 5. The van der Waals surface area contributed by atoms with Gasteiger partial charge in [-0.05, 0) is 31.5 Å². The minimum atomic E-state index is -0.103. The minimum absolute atomic E-state index is 0.103. The third kappa shape index (κ3) is 3.84. The summed E-state index contributed by atoms with van der Waals surface area (Å²) < 4.78 is 7.14. The van der Waals surface area contributed by atoms with Gasteiger partial charge in [-0.2, -0.15) is 0 Å². The number of rotatable bonds is 4. The number of morpholine rings is 1. The molecule has 5 rings (SSSR count). The van der Waals surface area contributed by atoms with Gasteiger partial charge in [0.2, 0.25) is 0 Å². The molecule has 1 N–H and O–H groups in total. The van der Waals surface area contributed by atoms with Crippen molar-refractivity contribution in [3.63, 3.8) is 0 Å². The normalized spacial score (nSPS) is 21.5. The molecule has 2 fully saturated rings. The molecule has 8 nitrogen and oxygen atoms in total. The Morgan fingerprint density at radius 2 is 1.97 bits per heavy atom. The van der Waals surface area contributed by atoms with E-state index in [1.165, 1.54) is 10.3 Å². The Bertz CT molecular complexity index is 1180. The van der Waals surface area contributed by atoms with E-state index in [4.69, 9.17) is 9.72 Å². The zero-order chi connectivity index (χ0) is 22.2. The van der Waals surface area contributed by atoms with Crippen molar-refractivity contribution in [2.45, 2.75) is 19.4 Å². The lowest BCUT2D eigenvalue weighted by atomic mass is 10.1. The highest BCUT2D eigenvalue weighted by atomic mass is 16.5. The molecule has 4 heterocycles. The number of pyridine rings is 1. The third-order valence-electron chi connectivity index (χ3n) is 6.50. The first kappa shape index (κ1) is 20.9. The van der Waals surface area contributed by atoms with Crippen LogP contribution in [-0.4, -0.2) is 65.1 Å². The molecule has 1 aromatic carbocycles. The second kappa shape index (κ2) is 8.52. The Morgan fingerprint density at radius 1 is 1.16 bits per heavy atom. The summed E-state index contributed by atoms with van der Waals surface area (Å²) in [6.07, 6.45) is 2.67. The number of fused-ring (bicyclic) bond motifs is 1. The van der Waals surface area contributed by atoms with Crippen LogP contribution in [0.4, 0.5) is 11.5 Å². The highest BCUT2D eigenvalue weighted by Gasteiger charge is 2.26. The van der Waals surface area contributed by atoms with Crippen LogP contribution < -0.4 is 15.4 Å². The number of benzene rings is 1. The molecule has 0 aliphatic carbocycles. The van der Waals surface area contributed by atoms with E-state index < -0.39 is 0 Å². The standard InChI is InChI=1S/C24H29N5O3/c1-16-12-28(9-10-32-16)19-5-3-18(4-6-19)20-11-21-22(24(31)27(2)15-25-21)23(26-20)29-8-7-17(13-29)14-30/h3-6,11,15-17,30H,7-10,12-14H2,1-2H3. The first-order chi connectivity index (χ1) is 15.5. The summed E-state index contributed by atoms with van der Waals surface area (Å²) in [7, 11) is 1.71. The largest absolute Gasteiger partial charge is 0.396 e. The maximum absolute atomic E-state index is 12.9. The first-order valence-electron chi connectivity index (χ1n) is 11.2. The van der Waals surface area contributed by atoms with E-state index >= 15 is 0 Å². The van der Waals surface area contributed by atoms with Crippen LogP contribution in [0.5, 0.6) is 0 Å². The topological polar surface area (TPSA) is 83.7 Å². The smallest absolute Gasteiger partial charge is 0.264 e. The maximum atomic E-state index is 12.9. The second-order valence-electron chi connectivity index (χ2n) is 8.84. The number of hydrogen-bond donors (Lipinski definition) is 1. The second-order valence-corrected chi connectivity index (χ2v) is 8.84. The fourth-order valence-electron chi connectivity index (χ4n) is 4.65. The van der Waals surface area contributed by atoms with Gasteiger partial charge < -0.3 is 24.2 Å². The summed E-state index contributed by atoms with van der Waals surface area (Å²) in [4.78, 5) is 26.8. The Balaban J connectivity index is 1.54. The SMILES string of the molecule is CC1CN(c2ccc(-c3cc4ncn(C)c(=O)c4c(N4CCC(CO)C4)n3)cc2)CCO1. The molecule has 3 aromatic rings. The lowest BCUT2D eigenvalue weighted by Gasteiger charge is -2.33. The van der Waals surface area contributed by atoms with E-state index in [2.05, 4.69) is 46.0 Å². The highest BCUT2D eigenvalue weighted by molar-refractivity contribution is 5.92. The molecule has 0 radical (unpaired) electrons. The fourth-order valence-corrected chi connectivity index (χ4v) is 4.65. The molecule has 0 saturated carbocycles. The number of aliphatic hydroxyl groups is 1. The number of aliphatic hydroxyl groups excluding tert-OH is 1. The van der Waals surface area contributed by atoms with Crippen molar-refractivity contribution in [1.82, 2.24) is 14.5 Å². The van der Waals surface area contributed by atoms with Gasteiger partial charge in [-0.3, -0.25) is 4.79 Å². The van der Waals surface area contributed by atoms with Gasteiger partial charge in [0.05, 0.1) is 30.2 Å². The predicted molar refractivity (Wildman–Crippen MR) is 125 cm³/mol. The number of aromatic nitrogens is 3. The summed E-state index contributed by atoms with van der Waals surface area (Å²) in [5, 5.41) is 10.1. The van der Waals surface area contributed by atoms with Gasteiger partial charge in [0.1, 0.15) is 11.2 Å². The molecular weight excluding hydrogens is 406 g/mol. The van der Waals surface area contributed by atoms with Crippen LogP contribution in [0.2, 0.25) is 0 Å². The molecular formula is C24H29N5O3. The van der Waals surface area contributed by atoms with Crippen LogP contribution in [0, 0.1) is 5.92 Å². The van der Waals surface area contributed by atoms with Crippen LogP contribution in [0.1, 0.15) is 13.3 Å². The van der Waals surface area contributed by atoms with E-state index in [0.717, 1.165) is 43.9 Å². The van der Waals surface area contributed by atoms with Crippen LogP contribution in [-0.2, 0) is 11.8 Å². The zero-order valence-corrected chi connectivity index (χ0v) is 18.6. The van der Waals surface area contributed by atoms with E-state index in [0.29, 0.717) is 23.3 Å². The Morgan fingerprint density at radius 3 is 2.69 bits per heavy atom. The molecule has 2 aliphatic heterocycles. The van der Waals surface area contributed by atoms with Crippen molar-refractivity contribution < 1.29 is 9.84 Å². The van der Waals surface area contributed by atoms with Gasteiger partial charge in [-0.25, -0.2) is 9.97 Å². The number of aryl methyl sites for hydroxylation is 1. The van der Waals surface area contributed by atoms with Gasteiger partial charge in [0.15, 0.2) is 0 Å². The van der Waals surface area contributed by atoms with Crippen molar-refractivity contribution in [2.24, 2.45) is 13.0 Å². The van der Waals surface area contributed by atoms with E-state index in [9.17, 15) is 9.90 Å². The molecule has 0 bridgehead atoms. The van der Waals surface area contributed by atoms with Gasteiger partial charge in [0.25, 0.3) is 5.56 Å². The molecule has 2 atom stereocenters. The number of hydrogen-bond acceptors (Lipinski definition) is 7. The fraction of sp³-hybridized carbons (Fsp3) is 0.458. The van der Waals surface area contributed by atoms with Crippen LogP contribution >= 0.6 is 0 Å². The van der Waals surface area contributed by atoms with Gasteiger partial charge in [-0.15, -0.1) is 0 Å². The molecule has 0 amide bonds. The van der Waals surface area contributed by atoms with Gasteiger partial charge in [0, 0.05) is 57.0 Å².